The van der Waals surface area contributed by atoms with Gasteiger partial charge in [-0.2, -0.15) is 0 Å². The molecule has 0 unspecified atom stereocenters. The maximum Gasteiger partial charge on any atom is 0.234 e. The molecule has 6 heteroatoms. The van der Waals surface area contributed by atoms with Crippen molar-refractivity contribution in [3.8, 4) is 10.8 Å². The number of furan rings is 1. The molecular weight excluding hydrogens is 286 g/mol. The number of thiazole rings is 1. The summed E-state index contributed by atoms with van der Waals surface area (Å²) in [7, 11) is 0. The molecule has 0 bridgehead atoms. The zero-order valence-corrected chi connectivity index (χ0v) is 12.9. The maximum absolute atomic E-state index is 11.5. The summed E-state index contributed by atoms with van der Waals surface area (Å²) in [6, 6.07) is 3.71. The predicted molar refractivity (Wildman–Crippen MR) is 81.8 cm³/mol. The highest BCUT2D eigenvalue weighted by Gasteiger charge is 2.27. The number of rotatable bonds is 4. The summed E-state index contributed by atoms with van der Waals surface area (Å²) in [4.78, 5) is 18.3. The van der Waals surface area contributed by atoms with E-state index in [-0.39, 0.29) is 11.9 Å². The lowest BCUT2D eigenvalue weighted by Gasteiger charge is -2.32. The molecule has 1 atom stereocenters. The summed E-state index contributed by atoms with van der Waals surface area (Å²) >= 11 is 1.57. The van der Waals surface area contributed by atoms with Crippen molar-refractivity contribution in [2.45, 2.75) is 38.8 Å². The Morgan fingerprint density at radius 3 is 3.10 bits per heavy atom. The third-order valence-corrected chi connectivity index (χ3v) is 4.72. The minimum absolute atomic E-state index is 0.158. The molecule has 1 saturated heterocycles. The zero-order chi connectivity index (χ0) is 14.8. The number of piperidine rings is 1. The molecule has 5 nitrogen and oxygen atoms in total. The third kappa shape index (κ3) is 3.16. The molecule has 3 heterocycles. The Bertz CT molecular complexity index is 634. The Labute approximate surface area is 127 Å². The van der Waals surface area contributed by atoms with Gasteiger partial charge in [-0.1, -0.05) is 6.42 Å². The number of likely N-dealkylation sites (tertiary alicyclic amines) is 1. The second kappa shape index (κ2) is 5.99. The fourth-order valence-electron chi connectivity index (χ4n) is 2.75. The van der Waals surface area contributed by atoms with Crippen molar-refractivity contribution in [1.29, 1.82) is 0 Å². The molecule has 2 aromatic rings. The van der Waals surface area contributed by atoms with Crippen LogP contribution in [0.25, 0.3) is 10.8 Å². The van der Waals surface area contributed by atoms with Gasteiger partial charge in [0.25, 0.3) is 0 Å². The Hall–Kier alpha value is -1.66. The first-order chi connectivity index (χ1) is 10.1. The number of carbonyl (C=O) groups excluding carboxylic acids is 1. The van der Waals surface area contributed by atoms with Crippen LogP contribution in [0.15, 0.2) is 21.9 Å². The molecule has 3 rings (SSSR count). The number of nitrogens with zero attached hydrogens (tertiary/aromatic N) is 2. The molecule has 0 aromatic carbocycles. The molecule has 0 radical (unpaired) electrons. The van der Waals surface area contributed by atoms with Crippen molar-refractivity contribution in [2.24, 2.45) is 5.73 Å². The Morgan fingerprint density at radius 1 is 1.52 bits per heavy atom. The van der Waals surface area contributed by atoms with Crippen molar-refractivity contribution in [2.75, 3.05) is 6.54 Å². The van der Waals surface area contributed by atoms with Crippen molar-refractivity contribution >= 4 is 17.2 Å². The lowest BCUT2D eigenvalue weighted by molar-refractivity contribution is -0.124. The van der Waals surface area contributed by atoms with Crippen LogP contribution in [0.4, 0.5) is 0 Å². The number of nitrogens with two attached hydrogens (primary N) is 1. The molecule has 1 amide bonds. The number of hydrogen-bond donors (Lipinski definition) is 1. The number of amides is 1. The molecule has 0 aliphatic carbocycles. The highest BCUT2D eigenvalue weighted by molar-refractivity contribution is 7.13. The van der Waals surface area contributed by atoms with Gasteiger partial charge in [-0.05, 0) is 38.4 Å². The minimum atomic E-state index is -0.230. The minimum Gasteiger partial charge on any atom is -0.459 e. The lowest BCUT2D eigenvalue weighted by Crippen LogP contribution is -2.47. The summed E-state index contributed by atoms with van der Waals surface area (Å²) < 4.78 is 5.59. The second-order valence-electron chi connectivity index (χ2n) is 5.44. The van der Waals surface area contributed by atoms with Crippen LogP contribution in [0, 0.1) is 6.92 Å². The molecule has 1 aliphatic rings. The van der Waals surface area contributed by atoms with E-state index in [0.29, 0.717) is 6.54 Å². The van der Waals surface area contributed by atoms with Crippen molar-refractivity contribution < 1.29 is 9.21 Å². The molecule has 112 valence electrons. The fraction of sp³-hybridized carbons (Fsp3) is 0.467. The van der Waals surface area contributed by atoms with E-state index >= 15 is 0 Å². The van der Waals surface area contributed by atoms with Crippen LogP contribution in [0.3, 0.4) is 0 Å². The first kappa shape index (κ1) is 14.3. The van der Waals surface area contributed by atoms with E-state index in [2.05, 4.69) is 9.88 Å². The fourth-order valence-corrected chi connectivity index (χ4v) is 3.52. The number of aromatic nitrogens is 1. The molecular formula is C15H19N3O2S. The van der Waals surface area contributed by atoms with E-state index in [1.54, 1.807) is 11.3 Å². The molecule has 0 saturated carbocycles. The van der Waals surface area contributed by atoms with E-state index in [1.165, 1.54) is 0 Å². The SMILES string of the molecule is Cc1ccc(-c2nc(CN3CCCC[C@H]3C(N)=O)cs2)o1. The predicted octanol–water partition coefficient (Wildman–Crippen LogP) is 2.55. The summed E-state index contributed by atoms with van der Waals surface area (Å²) in [6.07, 6.45) is 3.03. The average molecular weight is 305 g/mol. The molecule has 1 fully saturated rings. The topological polar surface area (TPSA) is 72.4 Å². The molecule has 2 aromatic heterocycles. The van der Waals surface area contributed by atoms with Crippen LogP contribution in [0.5, 0.6) is 0 Å². The summed E-state index contributed by atoms with van der Waals surface area (Å²) in [5.74, 6) is 1.45. The Kier molecular flexibility index (Phi) is 4.07. The average Bonchev–Trinajstić information content (AvgIpc) is 3.08. The number of hydrogen-bond acceptors (Lipinski definition) is 5. The lowest BCUT2D eigenvalue weighted by atomic mass is 10.0. The van der Waals surface area contributed by atoms with Crippen molar-refractivity contribution in [3.63, 3.8) is 0 Å². The quantitative estimate of drug-likeness (QED) is 0.942. The van der Waals surface area contributed by atoms with Crippen LogP contribution in [0.1, 0.15) is 30.7 Å². The summed E-state index contributed by atoms with van der Waals surface area (Å²) in [5, 5.41) is 2.91. The largest absolute Gasteiger partial charge is 0.459 e. The van der Waals surface area contributed by atoms with Gasteiger partial charge in [-0.15, -0.1) is 11.3 Å². The molecule has 1 aliphatic heterocycles. The van der Waals surface area contributed by atoms with Gasteiger partial charge in [0.2, 0.25) is 5.91 Å². The van der Waals surface area contributed by atoms with Crippen molar-refractivity contribution in [3.05, 3.63) is 29.0 Å². The van der Waals surface area contributed by atoms with E-state index in [1.807, 2.05) is 24.4 Å². The molecule has 0 spiro atoms. The van der Waals surface area contributed by atoms with E-state index in [9.17, 15) is 4.79 Å². The van der Waals surface area contributed by atoms with Crippen LogP contribution in [0.2, 0.25) is 0 Å². The molecule has 21 heavy (non-hydrogen) atoms. The van der Waals surface area contributed by atoms with Gasteiger partial charge in [0, 0.05) is 11.9 Å². The smallest absolute Gasteiger partial charge is 0.234 e. The first-order valence-electron chi connectivity index (χ1n) is 7.18. The normalized spacial score (nSPS) is 19.8. The highest BCUT2D eigenvalue weighted by atomic mass is 32.1. The highest BCUT2D eigenvalue weighted by Crippen LogP contribution is 2.27. The monoisotopic (exact) mass is 305 g/mol. The Morgan fingerprint density at radius 2 is 2.38 bits per heavy atom. The van der Waals surface area contributed by atoms with Gasteiger partial charge in [-0.25, -0.2) is 4.98 Å². The standard InChI is InChI=1S/C15H19N3O2S/c1-10-5-6-13(20-10)15-17-11(9-21-15)8-18-7-3-2-4-12(18)14(16)19/h5-6,9,12H,2-4,7-8H2,1H3,(H2,16,19)/t12-/m0/s1. The van der Waals surface area contributed by atoms with Crippen LogP contribution < -0.4 is 5.73 Å². The van der Waals surface area contributed by atoms with Crippen LogP contribution >= 0.6 is 11.3 Å². The second-order valence-corrected chi connectivity index (χ2v) is 6.30. The van der Waals surface area contributed by atoms with Crippen molar-refractivity contribution in [1.82, 2.24) is 9.88 Å². The van der Waals surface area contributed by atoms with Gasteiger partial charge in [-0.3, -0.25) is 9.69 Å². The van der Waals surface area contributed by atoms with Gasteiger partial charge in [0.05, 0.1) is 11.7 Å². The van der Waals surface area contributed by atoms with E-state index in [4.69, 9.17) is 10.2 Å². The van der Waals surface area contributed by atoms with Crippen LogP contribution in [-0.2, 0) is 11.3 Å². The third-order valence-electron chi connectivity index (χ3n) is 3.81. The number of carbonyl (C=O) groups is 1. The van der Waals surface area contributed by atoms with Gasteiger partial charge in [0.15, 0.2) is 10.8 Å². The maximum atomic E-state index is 11.5. The van der Waals surface area contributed by atoms with Gasteiger partial charge < -0.3 is 10.2 Å². The molecule has 2 N–H and O–H groups in total. The van der Waals surface area contributed by atoms with E-state index < -0.39 is 0 Å². The Balaban J connectivity index is 1.73. The first-order valence-corrected chi connectivity index (χ1v) is 8.06. The van der Waals surface area contributed by atoms with E-state index in [0.717, 1.165) is 48.0 Å². The van der Waals surface area contributed by atoms with Gasteiger partial charge in [0.1, 0.15) is 5.76 Å². The number of primary amides is 1. The summed E-state index contributed by atoms with van der Waals surface area (Å²) in [6.45, 7) is 3.49. The van der Waals surface area contributed by atoms with Crippen LogP contribution in [-0.4, -0.2) is 28.4 Å². The number of aryl methyl sites for hydroxylation is 1. The summed E-state index contributed by atoms with van der Waals surface area (Å²) in [5.41, 5.74) is 6.47. The zero-order valence-electron chi connectivity index (χ0n) is 12.0. The van der Waals surface area contributed by atoms with Gasteiger partial charge >= 0.3 is 0 Å².